The lowest BCUT2D eigenvalue weighted by Crippen LogP contribution is -2.35. The number of rotatable bonds is 4. The molecule has 0 unspecified atom stereocenters. The molecule has 0 radical (unpaired) electrons. The minimum absolute atomic E-state index is 0.0528. The fourth-order valence-electron chi connectivity index (χ4n) is 4.33. The third-order valence-electron chi connectivity index (χ3n) is 5.88. The zero-order valence-corrected chi connectivity index (χ0v) is 17.2. The van der Waals surface area contributed by atoms with E-state index in [1.807, 2.05) is 42.8 Å². The normalized spacial score (nSPS) is 17.6. The standard InChI is InChI=1S/C22H27N5O2/c1-15-7-6-12-27-20(28)13-16(24-21(15)27)14-26-11-5-4-8-18(26)17-9-10-19(25(17)3)22(29)23-2/h6-7,9-10,12-13,18H,4-5,8,11,14H2,1-3H3,(H,23,29)/t18-/m1/s1. The number of nitrogens with zero attached hydrogens (tertiary/aromatic N) is 4. The summed E-state index contributed by atoms with van der Waals surface area (Å²) >= 11 is 0. The Balaban J connectivity index is 1.67. The van der Waals surface area contributed by atoms with Gasteiger partial charge in [0.05, 0.1) is 11.7 Å². The summed E-state index contributed by atoms with van der Waals surface area (Å²) in [6, 6.07) is 9.60. The molecule has 1 atom stereocenters. The second kappa shape index (κ2) is 7.83. The summed E-state index contributed by atoms with van der Waals surface area (Å²) in [5.74, 6) is -0.0826. The quantitative estimate of drug-likeness (QED) is 0.739. The zero-order valence-electron chi connectivity index (χ0n) is 17.2. The van der Waals surface area contributed by atoms with Crippen molar-refractivity contribution in [2.45, 2.75) is 38.8 Å². The van der Waals surface area contributed by atoms with Gasteiger partial charge in [0.2, 0.25) is 0 Å². The molecular formula is C22H27N5O2. The highest BCUT2D eigenvalue weighted by Crippen LogP contribution is 2.32. The Morgan fingerprint density at radius 3 is 2.90 bits per heavy atom. The lowest BCUT2D eigenvalue weighted by molar-refractivity contribution is 0.0952. The summed E-state index contributed by atoms with van der Waals surface area (Å²) in [6.07, 6.45) is 5.05. The van der Waals surface area contributed by atoms with E-state index in [1.165, 1.54) is 0 Å². The van der Waals surface area contributed by atoms with Crippen LogP contribution in [0.25, 0.3) is 5.65 Å². The smallest absolute Gasteiger partial charge is 0.267 e. The van der Waals surface area contributed by atoms with Crippen molar-refractivity contribution in [1.29, 1.82) is 0 Å². The number of hydrogen-bond acceptors (Lipinski definition) is 4. The first-order valence-corrected chi connectivity index (χ1v) is 10.1. The highest BCUT2D eigenvalue weighted by Gasteiger charge is 2.28. The summed E-state index contributed by atoms with van der Waals surface area (Å²) in [5.41, 5.74) is 4.21. The molecule has 3 aromatic rings. The molecule has 1 amide bonds. The highest BCUT2D eigenvalue weighted by atomic mass is 16.2. The Bertz CT molecular complexity index is 1110. The summed E-state index contributed by atoms with van der Waals surface area (Å²) in [4.78, 5) is 31.8. The molecule has 152 valence electrons. The van der Waals surface area contributed by atoms with Crippen molar-refractivity contribution >= 4 is 11.6 Å². The van der Waals surface area contributed by atoms with Gasteiger partial charge in [-0.15, -0.1) is 0 Å². The highest BCUT2D eigenvalue weighted by molar-refractivity contribution is 5.92. The maximum absolute atomic E-state index is 12.6. The van der Waals surface area contributed by atoms with Crippen LogP contribution < -0.4 is 10.9 Å². The minimum atomic E-state index is -0.0826. The molecule has 1 saturated heterocycles. The summed E-state index contributed by atoms with van der Waals surface area (Å²) in [6.45, 7) is 3.53. The number of amides is 1. The Labute approximate surface area is 170 Å². The third-order valence-corrected chi connectivity index (χ3v) is 5.88. The number of fused-ring (bicyclic) bond motifs is 1. The van der Waals surface area contributed by atoms with Gasteiger partial charge in [0, 0.05) is 38.6 Å². The van der Waals surface area contributed by atoms with E-state index in [-0.39, 0.29) is 17.5 Å². The molecule has 3 aromatic heterocycles. The van der Waals surface area contributed by atoms with Crippen LogP contribution in [0, 0.1) is 6.92 Å². The Hall–Kier alpha value is -2.93. The minimum Gasteiger partial charge on any atom is -0.354 e. The van der Waals surface area contributed by atoms with E-state index in [9.17, 15) is 9.59 Å². The van der Waals surface area contributed by atoms with E-state index in [1.54, 1.807) is 23.7 Å². The molecule has 1 fully saturated rings. The van der Waals surface area contributed by atoms with Crippen LogP contribution >= 0.6 is 0 Å². The molecule has 4 heterocycles. The SMILES string of the molecule is CNC(=O)c1ccc([C@H]2CCCCN2Cc2cc(=O)n3cccc(C)c3n2)n1C. The van der Waals surface area contributed by atoms with Gasteiger partial charge in [-0.25, -0.2) is 4.98 Å². The molecule has 1 N–H and O–H groups in total. The Morgan fingerprint density at radius 2 is 2.10 bits per heavy atom. The molecule has 0 aliphatic carbocycles. The number of nitrogens with one attached hydrogen (secondary N) is 1. The predicted octanol–water partition coefficient (Wildman–Crippen LogP) is 2.43. The number of carbonyl (C=O) groups excluding carboxylic acids is 1. The molecule has 0 saturated carbocycles. The molecule has 0 aromatic carbocycles. The molecule has 7 nitrogen and oxygen atoms in total. The average Bonchev–Trinajstić information content (AvgIpc) is 3.10. The van der Waals surface area contributed by atoms with Crippen LogP contribution in [-0.4, -0.2) is 38.4 Å². The summed E-state index contributed by atoms with van der Waals surface area (Å²) < 4.78 is 3.58. The number of carbonyl (C=O) groups is 1. The first-order valence-electron chi connectivity index (χ1n) is 10.1. The summed E-state index contributed by atoms with van der Waals surface area (Å²) in [7, 11) is 3.59. The van der Waals surface area contributed by atoms with E-state index in [4.69, 9.17) is 4.98 Å². The van der Waals surface area contributed by atoms with Crippen molar-refractivity contribution in [3.63, 3.8) is 0 Å². The topological polar surface area (TPSA) is 71.6 Å². The monoisotopic (exact) mass is 393 g/mol. The molecule has 4 rings (SSSR count). The zero-order chi connectivity index (χ0) is 20.5. The largest absolute Gasteiger partial charge is 0.354 e. The van der Waals surface area contributed by atoms with Crippen molar-refractivity contribution in [3.05, 3.63) is 69.5 Å². The molecule has 0 bridgehead atoms. The third kappa shape index (κ3) is 3.58. The van der Waals surface area contributed by atoms with Gasteiger partial charge < -0.3 is 9.88 Å². The van der Waals surface area contributed by atoms with E-state index in [0.717, 1.165) is 42.8 Å². The second-order valence-corrected chi connectivity index (χ2v) is 7.73. The van der Waals surface area contributed by atoms with E-state index < -0.39 is 0 Å². The number of hydrogen-bond donors (Lipinski definition) is 1. The number of aryl methyl sites for hydroxylation is 1. The van der Waals surface area contributed by atoms with Crippen molar-refractivity contribution in [3.8, 4) is 0 Å². The van der Waals surface area contributed by atoms with Crippen LogP contribution in [-0.2, 0) is 13.6 Å². The Kier molecular flexibility index (Phi) is 5.24. The van der Waals surface area contributed by atoms with Crippen molar-refractivity contribution < 1.29 is 4.79 Å². The van der Waals surface area contributed by atoms with Crippen LogP contribution in [0.4, 0.5) is 0 Å². The maximum Gasteiger partial charge on any atom is 0.267 e. The molecule has 1 aliphatic heterocycles. The van der Waals surface area contributed by atoms with Crippen molar-refractivity contribution in [2.24, 2.45) is 7.05 Å². The average molecular weight is 393 g/mol. The van der Waals surface area contributed by atoms with Gasteiger partial charge in [-0.05, 0) is 50.1 Å². The number of aromatic nitrogens is 3. The predicted molar refractivity (Wildman–Crippen MR) is 112 cm³/mol. The van der Waals surface area contributed by atoms with Crippen LogP contribution in [0.2, 0.25) is 0 Å². The number of likely N-dealkylation sites (tertiary alicyclic amines) is 1. The first kappa shape index (κ1) is 19.4. The van der Waals surface area contributed by atoms with Crippen LogP contribution in [0.5, 0.6) is 0 Å². The van der Waals surface area contributed by atoms with E-state index in [2.05, 4.69) is 10.2 Å². The van der Waals surface area contributed by atoms with E-state index in [0.29, 0.717) is 17.9 Å². The van der Waals surface area contributed by atoms with Gasteiger partial charge >= 0.3 is 0 Å². The second-order valence-electron chi connectivity index (χ2n) is 7.73. The fraction of sp³-hybridized carbons (Fsp3) is 0.409. The molecular weight excluding hydrogens is 366 g/mol. The van der Waals surface area contributed by atoms with Crippen LogP contribution in [0.15, 0.2) is 41.3 Å². The summed E-state index contributed by atoms with van der Waals surface area (Å²) in [5, 5.41) is 2.70. The molecule has 1 aliphatic rings. The molecule has 0 spiro atoms. The molecule has 29 heavy (non-hydrogen) atoms. The van der Waals surface area contributed by atoms with Gasteiger partial charge in [-0.2, -0.15) is 0 Å². The fourth-order valence-corrected chi connectivity index (χ4v) is 4.33. The van der Waals surface area contributed by atoms with E-state index >= 15 is 0 Å². The Morgan fingerprint density at radius 1 is 1.28 bits per heavy atom. The van der Waals surface area contributed by atoms with Gasteiger partial charge in [0.1, 0.15) is 11.3 Å². The van der Waals surface area contributed by atoms with Gasteiger partial charge in [-0.3, -0.25) is 18.9 Å². The van der Waals surface area contributed by atoms with Gasteiger partial charge in [0.25, 0.3) is 11.5 Å². The first-order chi connectivity index (χ1) is 14.0. The number of pyridine rings is 1. The number of piperidine rings is 1. The molecule has 7 heteroatoms. The lowest BCUT2D eigenvalue weighted by Gasteiger charge is -2.36. The van der Waals surface area contributed by atoms with Crippen LogP contribution in [0.3, 0.4) is 0 Å². The van der Waals surface area contributed by atoms with Gasteiger partial charge in [0.15, 0.2) is 0 Å². The van der Waals surface area contributed by atoms with Gasteiger partial charge in [-0.1, -0.05) is 12.5 Å². The lowest BCUT2D eigenvalue weighted by atomic mass is 9.99. The van der Waals surface area contributed by atoms with Crippen LogP contribution in [0.1, 0.15) is 52.7 Å². The maximum atomic E-state index is 12.6. The van der Waals surface area contributed by atoms with Crippen molar-refractivity contribution in [2.75, 3.05) is 13.6 Å². The van der Waals surface area contributed by atoms with Crippen molar-refractivity contribution in [1.82, 2.24) is 24.2 Å².